The Bertz CT molecular complexity index is 391. The first-order chi connectivity index (χ1) is 13.3. The van der Waals surface area contributed by atoms with Gasteiger partial charge in [0.1, 0.15) is 0 Å². The van der Waals surface area contributed by atoms with Crippen LogP contribution in [0.2, 0.25) is 38.8 Å². The second-order valence-corrected chi connectivity index (χ2v) is 25.5. The molecule has 29 heavy (non-hydrogen) atoms. The third-order valence-corrected chi connectivity index (χ3v) is 25.5. The second kappa shape index (κ2) is 11.4. The van der Waals surface area contributed by atoms with Gasteiger partial charge in [-0.1, -0.05) is 102 Å². The van der Waals surface area contributed by atoms with Crippen molar-refractivity contribution >= 4 is 25.9 Å². The predicted octanol–water partition coefficient (Wildman–Crippen LogP) is 8.93. The molecule has 0 aliphatic heterocycles. The van der Waals surface area contributed by atoms with E-state index >= 15 is 0 Å². The van der Waals surface area contributed by atoms with Gasteiger partial charge >= 0.3 is 9.28 Å². The summed E-state index contributed by atoms with van der Waals surface area (Å²) in [6.45, 7) is 29.1. The molecule has 0 aromatic heterocycles. The van der Waals surface area contributed by atoms with E-state index in [1.165, 1.54) is 32.1 Å². The molecule has 0 aromatic rings. The van der Waals surface area contributed by atoms with Gasteiger partial charge in [-0.25, -0.2) is 0 Å². The third kappa shape index (κ3) is 5.88. The highest BCUT2D eigenvalue weighted by atomic mass is 28.4. The standard InChI is InChI=1S/C24H54O2Si3/c1-18(2)28(19(3)4,20(5)6)25-27(24-16-14-13-15-17-24)26-29(21(7)8,22(9)10)23(11)12/h18-24,27H,13-17H2,1-12H3. The summed E-state index contributed by atoms with van der Waals surface area (Å²) in [4.78, 5) is 0. The van der Waals surface area contributed by atoms with E-state index in [9.17, 15) is 0 Å². The van der Waals surface area contributed by atoms with Gasteiger partial charge in [0.05, 0.1) is 0 Å². The Morgan fingerprint density at radius 2 is 0.793 bits per heavy atom. The van der Waals surface area contributed by atoms with Crippen molar-refractivity contribution in [3.8, 4) is 0 Å². The van der Waals surface area contributed by atoms with Crippen LogP contribution in [-0.2, 0) is 8.23 Å². The lowest BCUT2D eigenvalue weighted by atomic mass is 10.0. The summed E-state index contributed by atoms with van der Waals surface area (Å²) in [5.74, 6) is 0. The number of hydrogen-bond acceptors (Lipinski definition) is 2. The fraction of sp³-hybridized carbons (Fsp3) is 1.00. The molecule has 2 nitrogen and oxygen atoms in total. The Hall–Kier alpha value is 0.571. The first-order valence-corrected chi connectivity index (χ1v) is 18.6. The van der Waals surface area contributed by atoms with Gasteiger partial charge in [0, 0.05) is 0 Å². The van der Waals surface area contributed by atoms with Crippen LogP contribution in [0.4, 0.5) is 0 Å². The lowest BCUT2D eigenvalue weighted by Crippen LogP contribution is -2.58. The van der Waals surface area contributed by atoms with Crippen molar-refractivity contribution in [2.24, 2.45) is 0 Å². The summed E-state index contributed by atoms with van der Waals surface area (Å²) >= 11 is 0. The first-order valence-electron chi connectivity index (χ1n) is 12.7. The molecule has 174 valence electrons. The Morgan fingerprint density at radius 1 is 0.517 bits per heavy atom. The first kappa shape index (κ1) is 27.6. The Balaban J connectivity index is 3.43. The van der Waals surface area contributed by atoms with Crippen molar-refractivity contribution in [1.29, 1.82) is 0 Å². The zero-order valence-electron chi connectivity index (χ0n) is 22.0. The summed E-state index contributed by atoms with van der Waals surface area (Å²) in [6.07, 6.45) is 6.84. The summed E-state index contributed by atoms with van der Waals surface area (Å²) in [5.41, 5.74) is 4.54. The van der Waals surface area contributed by atoms with Crippen LogP contribution in [0.15, 0.2) is 0 Å². The van der Waals surface area contributed by atoms with E-state index in [1.807, 2.05) is 0 Å². The fourth-order valence-electron chi connectivity index (χ4n) is 6.84. The van der Waals surface area contributed by atoms with E-state index in [2.05, 4.69) is 83.1 Å². The van der Waals surface area contributed by atoms with E-state index < -0.39 is 25.9 Å². The van der Waals surface area contributed by atoms with Crippen LogP contribution in [0, 0.1) is 0 Å². The van der Waals surface area contributed by atoms with E-state index in [1.54, 1.807) is 0 Å². The highest BCUT2D eigenvalue weighted by Gasteiger charge is 2.52. The van der Waals surface area contributed by atoms with Gasteiger partial charge in [0.15, 0.2) is 16.6 Å². The molecule has 1 fully saturated rings. The highest BCUT2D eigenvalue weighted by molar-refractivity contribution is 6.87. The van der Waals surface area contributed by atoms with Gasteiger partial charge in [-0.05, 0) is 51.6 Å². The fourth-order valence-corrected chi connectivity index (χ4v) is 27.8. The molecule has 0 unspecified atom stereocenters. The van der Waals surface area contributed by atoms with Gasteiger partial charge < -0.3 is 8.23 Å². The normalized spacial score (nSPS) is 17.9. The van der Waals surface area contributed by atoms with Crippen molar-refractivity contribution in [3.05, 3.63) is 0 Å². The maximum absolute atomic E-state index is 7.56. The van der Waals surface area contributed by atoms with E-state index in [0.29, 0.717) is 33.2 Å². The molecule has 5 heteroatoms. The summed E-state index contributed by atoms with van der Waals surface area (Å²) < 4.78 is 15.1. The molecule has 0 atom stereocenters. The monoisotopic (exact) mass is 458 g/mol. The van der Waals surface area contributed by atoms with Gasteiger partial charge in [-0.15, -0.1) is 0 Å². The van der Waals surface area contributed by atoms with Gasteiger partial charge in [0.25, 0.3) is 0 Å². The molecule has 0 aromatic carbocycles. The molecular weight excluding hydrogens is 405 g/mol. The topological polar surface area (TPSA) is 18.5 Å². The summed E-state index contributed by atoms with van der Waals surface area (Å²) in [7, 11) is -5.62. The maximum atomic E-state index is 7.56. The third-order valence-electron chi connectivity index (χ3n) is 8.09. The van der Waals surface area contributed by atoms with Gasteiger partial charge in [-0.3, -0.25) is 0 Å². The summed E-state index contributed by atoms with van der Waals surface area (Å²) in [6, 6.07) is 0. The quantitative estimate of drug-likeness (QED) is 0.288. The lowest BCUT2D eigenvalue weighted by molar-refractivity contribution is 0.327. The van der Waals surface area contributed by atoms with Crippen LogP contribution in [0.1, 0.15) is 115 Å². The average Bonchev–Trinajstić information content (AvgIpc) is 2.60. The lowest BCUT2D eigenvalue weighted by Gasteiger charge is -2.51. The van der Waals surface area contributed by atoms with Crippen molar-refractivity contribution in [1.82, 2.24) is 0 Å². The number of rotatable bonds is 11. The Labute approximate surface area is 188 Å². The predicted molar refractivity (Wildman–Crippen MR) is 138 cm³/mol. The van der Waals surface area contributed by atoms with Crippen LogP contribution in [-0.4, -0.2) is 25.9 Å². The van der Waals surface area contributed by atoms with Crippen LogP contribution in [0.3, 0.4) is 0 Å². The van der Waals surface area contributed by atoms with Crippen molar-refractivity contribution < 1.29 is 8.23 Å². The largest absolute Gasteiger partial charge is 0.437 e. The molecule has 0 heterocycles. The van der Waals surface area contributed by atoms with Crippen molar-refractivity contribution in [2.75, 3.05) is 0 Å². The molecule has 0 saturated heterocycles. The maximum Gasteiger partial charge on any atom is 0.304 e. The van der Waals surface area contributed by atoms with Crippen molar-refractivity contribution in [2.45, 2.75) is 154 Å². The average molecular weight is 459 g/mol. The number of hydrogen-bond donors (Lipinski definition) is 0. The Morgan fingerprint density at radius 3 is 1.03 bits per heavy atom. The summed E-state index contributed by atoms with van der Waals surface area (Å²) in [5, 5.41) is 0. The van der Waals surface area contributed by atoms with Gasteiger partial charge in [-0.2, -0.15) is 0 Å². The highest BCUT2D eigenvalue weighted by Crippen LogP contribution is 2.49. The molecular formula is C24H54O2Si3. The zero-order chi connectivity index (χ0) is 22.6. The SMILES string of the molecule is CC(C)[Si](O[SiH](O[Si](C(C)C)(C(C)C)C(C)C)C1CCCCC1)(C(C)C)C(C)C. The van der Waals surface area contributed by atoms with Gasteiger partial charge in [0.2, 0.25) is 0 Å². The van der Waals surface area contributed by atoms with Crippen LogP contribution in [0.5, 0.6) is 0 Å². The molecule has 1 aliphatic rings. The smallest absolute Gasteiger partial charge is 0.304 e. The van der Waals surface area contributed by atoms with E-state index in [4.69, 9.17) is 8.23 Å². The minimum atomic E-state index is -1.92. The van der Waals surface area contributed by atoms with E-state index in [0.717, 1.165) is 5.54 Å². The molecule has 1 rings (SSSR count). The molecule has 0 N–H and O–H groups in total. The molecule has 0 spiro atoms. The Kier molecular flexibility index (Phi) is 10.9. The second-order valence-electron chi connectivity index (χ2n) is 11.6. The molecule has 0 bridgehead atoms. The molecule has 0 amide bonds. The zero-order valence-corrected chi connectivity index (χ0v) is 25.1. The minimum absolute atomic E-state index is 0.637. The van der Waals surface area contributed by atoms with Crippen molar-refractivity contribution in [3.63, 3.8) is 0 Å². The van der Waals surface area contributed by atoms with Crippen LogP contribution < -0.4 is 0 Å². The van der Waals surface area contributed by atoms with E-state index in [-0.39, 0.29) is 0 Å². The van der Waals surface area contributed by atoms with Crippen LogP contribution >= 0.6 is 0 Å². The molecule has 0 radical (unpaired) electrons. The van der Waals surface area contributed by atoms with Crippen LogP contribution in [0.25, 0.3) is 0 Å². The molecule has 1 saturated carbocycles. The minimum Gasteiger partial charge on any atom is -0.437 e. The molecule has 1 aliphatic carbocycles.